The summed E-state index contributed by atoms with van der Waals surface area (Å²) in [7, 11) is -0.596. The maximum Gasteiger partial charge on any atom is 0.0378 e. The van der Waals surface area contributed by atoms with Crippen molar-refractivity contribution in [2.75, 3.05) is 0 Å². The Hall–Kier alpha value is 0.217. The lowest BCUT2D eigenvalue weighted by Gasteiger charge is -2.45. The van der Waals surface area contributed by atoms with Crippen molar-refractivity contribution in [3.8, 4) is 0 Å². The van der Waals surface area contributed by atoms with Gasteiger partial charge < -0.3 is 0 Å². The van der Waals surface area contributed by atoms with Crippen LogP contribution in [0.15, 0.2) is 0 Å². The van der Waals surface area contributed by atoms with Gasteiger partial charge in [0.05, 0.1) is 0 Å². The van der Waals surface area contributed by atoms with Gasteiger partial charge in [0.1, 0.15) is 0 Å². The standard InChI is InChI=1S/C16H36Si/c1-8-9-10-11-12-13-16(14(2)3,15(4)5)17(6)7/h14-15,17H,8-13H2,1-7H3. The molecule has 0 fully saturated rings. The van der Waals surface area contributed by atoms with Gasteiger partial charge in [-0.2, -0.15) is 0 Å². The van der Waals surface area contributed by atoms with Crippen LogP contribution in [0.3, 0.4) is 0 Å². The molecule has 17 heavy (non-hydrogen) atoms. The normalized spacial score (nSPS) is 13.1. The lowest BCUT2D eigenvalue weighted by molar-refractivity contribution is 0.274. The van der Waals surface area contributed by atoms with E-state index in [0.717, 1.165) is 11.8 Å². The van der Waals surface area contributed by atoms with Crippen LogP contribution in [0.25, 0.3) is 0 Å². The van der Waals surface area contributed by atoms with Gasteiger partial charge in [0.25, 0.3) is 0 Å². The molecular formula is C16H36Si. The van der Waals surface area contributed by atoms with Gasteiger partial charge in [0.2, 0.25) is 0 Å². The Labute approximate surface area is 112 Å². The summed E-state index contributed by atoms with van der Waals surface area (Å²) in [6, 6.07) is 0. The zero-order valence-electron chi connectivity index (χ0n) is 13.5. The number of hydrogen-bond donors (Lipinski definition) is 0. The Bertz CT molecular complexity index is 160. The minimum Gasteiger partial charge on any atom is -0.0717 e. The highest BCUT2D eigenvalue weighted by atomic mass is 28.3. The van der Waals surface area contributed by atoms with E-state index in [1.54, 1.807) is 0 Å². The summed E-state index contributed by atoms with van der Waals surface area (Å²) in [4.78, 5) is 0. The molecule has 0 atom stereocenters. The maximum absolute atomic E-state index is 2.56. The molecule has 0 rings (SSSR count). The van der Waals surface area contributed by atoms with Gasteiger partial charge in [-0.3, -0.25) is 0 Å². The fourth-order valence-corrected chi connectivity index (χ4v) is 7.35. The van der Waals surface area contributed by atoms with Crippen LogP contribution in [-0.4, -0.2) is 8.80 Å². The molecule has 0 aliphatic rings. The molecule has 0 aromatic heterocycles. The predicted molar refractivity (Wildman–Crippen MR) is 84.6 cm³/mol. The van der Waals surface area contributed by atoms with E-state index in [4.69, 9.17) is 0 Å². The molecule has 0 nitrogen and oxygen atoms in total. The van der Waals surface area contributed by atoms with Crippen LogP contribution in [0.1, 0.15) is 73.1 Å². The second-order valence-electron chi connectivity index (χ2n) is 6.74. The third-order valence-corrected chi connectivity index (χ3v) is 8.71. The Morgan fingerprint density at radius 3 is 1.65 bits per heavy atom. The van der Waals surface area contributed by atoms with Gasteiger partial charge >= 0.3 is 0 Å². The van der Waals surface area contributed by atoms with Crippen LogP contribution in [-0.2, 0) is 0 Å². The molecule has 0 aliphatic carbocycles. The first-order valence-electron chi connectivity index (χ1n) is 7.89. The average molecular weight is 257 g/mol. The molecule has 0 bridgehead atoms. The molecule has 0 radical (unpaired) electrons. The highest BCUT2D eigenvalue weighted by Gasteiger charge is 2.39. The predicted octanol–water partition coefficient (Wildman–Crippen LogP) is 5.89. The smallest absolute Gasteiger partial charge is 0.0378 e. The minimum atomic E-state index is -0.596. The Morgan fingerprint density at radius 2 is 1.29 bits per heavy atom. The molecular weight excluding hydrogens is 220 g/mol. The van der Waals surface area contributed by atoms with Crippen molar-refractivity contribution in [1.29, 1.82) is 0 Å². The zero-order chi connectivity index (χ0) is 13.5. The van der Waals surface area contributed by atoms with Gasteiger partial charge in [-0.1, -0.05) is 79.8 Å². The minimum absolute atomic E-state index is 0.596. The highest BCUT2D eigenvalue weighted by molar-refractivity contribution is 6.59. The topological polar surface area (TPSA) is 0 Å². The summed E-state index contributed by atoms with van der Waals surface area (Å²) in [6.07, 6.45) is 8.63. The lowest BCUT2D eigenvalue weighted by Crippen LogP contribution is -2.37. The first kappa shape index (κ1) is 17.2. The van der Waals surface area contributed by atoms with Gasteiger partial charge in [0, 0.05) is 8.80 Å². The van der Waals surface area contributed by atoms with Crippen LogP contribution in [0.2, 0.25) is 18.1 Å². The van der Waals surface area contributed by atoms with E-state index in [0.29, 0.717) is 5.04 Å². The molecule has 104 valence electrons. The Balaban J connectivity index is 4.38. The molecule has 0 spiro atoms. The summed E-state index contributed by atoms with van der Waals surface area (Å²) in [6.45, 7) is 17.3. The van der Waals surface area contributed by atoms with E-state index in [1.165, 1.54) is 38.5 Å². The SMILES string of the molecule is CCCCCCCC(C(C)C)(C(C)C)[SiH](C)C. The Morgan fingerprint density at radius 1 is 0.824 bits per heavy atom. The maximum atomic E-state index is 2.56. The van der Waals surface area contributed by atoms with E-state index in [2.05, 4.69) is 47.7 Å². The molecule has 0 amide bonds. The third-order valence-electron chi connectivity index (χ3n) is 4.94. The van der Waals surface area contributed by atoms with Crippen LogP contribution in [0.4, 0.5) is 0 Å². The fourth-order valence-electron chi connectivity index (χ4n) is 3.90. The second kappa shape index (κ2) is 8.34. The van der Waals surface area contributed by atoms with Gasteiger partial charge in [-0.05, 0) is 23.3 Å². The van der Waals surface area contributed by atoms with E-state index < -0.39 is 8.80 Å². The van der Waals surface area contributed by atoms with E-state index in [-0.39, 0.29) is 0 Å². The second-order valence-corrected chi connectivity index (χ2v) is 10.1. The van der Waals surface area contributed by atoms with Crippen molar-refractivity contribution < 1.29 is 0 Å². The van der Waals surface area contributed by atoms with E-state index >= 15 is 0 Å². The van der Waals surface area contributed by atoms with Crippen molar-refractivity contribution in [3.05, 3.63) is 0 Å². The molecule has 0 aromatic carbocycles. The van der Waals surface area contributed by atoms with Crippen molar-refractivity contribution >= 4 is 8.80 Å². The van der Waals surface area contributed by atoms with Crippen LogP contribution in [0.5, 0.6) is 0 Å². The number of rotatable bonds is 9. The van der Waals surface area contributed by atoms with Crippen LogP contribution in [0, 0.1) is 11.8 Å². The van der Waals surface area contributed by atoms with Crippen molar-refractivity contribution in [2.45, 2.75) is 91.3 Å². The quantitative estimate of drug-likeness (QED) is 0.356. The number of unbranched alkanes of at least 4 members (excludes halogenated alkanes) is 4. The summed E-state index contributed by atoms with van der Waals surface area (Å²) in [5, 5.41) is 0.687. The molecule has 0 saturated heterocycles. The summed E-state index contributed by atoms with van der Waals surface area (Å²) in [5.74, 6) is 1.72. The summed E-state index contributed by atoms with van der Waals surface area (Å²) >= 11 is 0. The molecule has 0 unspecified atom stereocenters. The van der Waals surface area contributed by atoms with Crippen molar-refractivity contribution in [3.63, 3.8) is 0 Å². The number of hydrogen-bond acceptors (Lipinski definition) is 0. The molecule has 0 heterocycles. The largest absolute Gasteiger partial charge is 0.0717 e. The average Bonchev–Trinajstić information content (AvgIpc) is 2.21. The van der Waals surface area contributed by atoms with Crippen molar-refractivity contribution in [1.82, 2.24) is 0 Å². The van der Waals surface area contributed by atoms with Gasteiger partial charge in [-0.25, -0.2) is 0 Å². The van der Waals surface area contributed by atoms with Gasteiger partial charge in [-0.15, -0.1) is 0 Å². The molecule has 0 N–H and O–H groups in total. The summed E-state index contributed by atoms with van der Waals surface area (Å²) < 4.78 is 0. The van der Waals surface area contributed by atoms with E-state index in [1.807, 2.05) is 0 Å². The fraction of sp³-hybridized carbons (Fsp3) is 1.00. The van der Waals surface area contributed by atoms with Crippen LogP contribution < -0.4 is 0 Å². The molecule has 0 aromatic rings. The van der Waals surface area contributed by atoms with Crippen LogP contribution >= 0.6 is 0 Å². The lowest BCUT2D eigenvalue weighted by atomic mass is 9.80. The van der Waals surface area contributed by atoms with Crippen molar-refractivity contribution in [2.24, 2.45) is 11.8 Å². The molecule has 0 saturated carbocycles. The third kappa shape index (κ3) is 4.77. The highest BCUT2D eigenvalue weighted by Crippen LogP contribution is 2.50. The zero-order valence-corrected chi connectivity index (χ0v) is 14.6. The summed E-state index contributed by atoms with van der Waals surface area (Å²) in [5.41, 5.74) is 0. The monoisotopic (exact) mass is 256 g/mol. The Kier molecular flexibility index (Phi) is 8.45. The van der Waals surface area contributed by atoms with E-state index in [9.17, 15) is 0 Å². The molecule has 1 heteroatoms. The van der Waals surface area contributed by atoms with Gasteiger partial charge in [0.15, 0.2) is 0 Å². The first-order valence-corrected chi connectivity index (χ1v) is 10.8. The first-order chi connectivity index (χ1) is 7.89. The molecule has 0 aliphatic heterocycles.